The fraction of sp³-hybridized carbons (Fsp3) is 0.409. The number of benzene rings is 2. The normalized spacial score (nSPS) is 15.4. The number of nitrogens with zero attached hydrogens (tertiary/aromatic N) is 2. The van der Waals surface area contributed by atoms with E-state index >= 15 is 0 Å². The molecule has 1 aliphatic heterocycles. The molecule has 1 aliphatic rings. The Morgan fingerprint density at radius 1 is 1.07 bits per heavy atom. The van der Waals surface area contributed by atoms with Crippen molar-refractivity contribution in [3.8, 4) is 5.75 Å². The zero-order chi connectivity index (χ0) is 21.3. The summed E-state index contributed by atoms with van der Waals surface area (Å²) in [6, 6.07) is 15.1. The second-order valence-corrected chi connectivity index (χ2v) is 8.62. The highest BCUT2D eigenvalue weighted by atomic mass is 32.2. The van der Waals surface area contributed by atoms with Gasteiger partial charge < -0.3 is 25.6 Å². The number of nitrogens with one attached hydrogen (secondary N) is 1. The minimum atomic E-state index is -1.10. The van der Waals surface area contributed by atoms with Crippen LogP contribution in [0.2, 0.25) is 0 Å². The van der Waals surface area contributed by atoms with E-state index in [9.17, 15) is 9.00 Å². The van der Waals surface area contributed by atoms with Gasteiger partial charge in [0, 0.05) is 54.7 Å². The van der Waals surface area contributed by atoms with Gasteiger partial charge in [0.15, 0.2) is 0 Å². The maximum atomic E-state index is 12.7. The smallest absolute Gasteiger partial charge is 0.321 e. The van der Waals surface area contributed by atoms with Crippen molar-refractivity contribution in [3.05, 3.63) is 48.5 Å². The topological polar surface area (TPSA) is 87.9 Å². The predicted molar refractivity (Wildman–Crippen MR) is 122 cm³/mol. The molecular formula is C22H30N4O3S. The molecule has 2 aromatic rings. The summed E-state index contributed by atoms with van der Waals surface area (Å²) in [5.74, 6) is 1.31. The Morgan fingerprint density at radius 2 is 1.80 bits per heavy atom. The second kappa shape index (κ2) is 11.0. The molecule has 0 spiro atoms. The molecule has 1 fully saturated rings. The Balaban J connectivity index is 1.54. The summed E-state index contributed by atoms with van der Waals surface area (Å²) in [6.07, 6.45) is 0.900. The van der Waals surface area contributed by atoms with E-state index < -0.39 is 10.8 Å². The molecule has 1 atom stereocenters. The Hall–Kier alpha value is -2.58. The molecule has 30 heavy (non-hydrogen) atoms. The van der Waals surface area contributed by atoms with Crippen molar-refractivity contribution in [2.24, 2.45) is 5.73 Å². The van der Waals surface area contributed by atoms with E-state index in [0.29, 0.717) is 37.7 Å². The molecule has 162 valence electrons. The first-order valence-corrected chi connectivity index (χ1v) is 11.6. The molecule has 3 N–H and O–H groups in total. The number of nitrogens with two attached hydrogens (primary N) is 1. The summed E-state index contributed by atoms with van der Waals surface area (Å²) >= 11 is 0. The Morgan fingerprint density at radius 3 is 2.47 bits per heavy atom. The summed E-state index contributed by atoms with van der Waals surface area (Å²) in [4.78, 5) is 17.6. The summed E-state index contributed by atoms with van der Waals surface area (Å²) in [6.45, 7) is 6.04. The van der Waals surface area contributed by atoms with Crippen LogP contribution in [0.4, 0.5) is 16.2 Å². The number of hydrogen-bond acceptors (Lipinski definition) is 5. The van der Waals surface area contributed by atoms with Crippen molar-refractivity contribution >= 4 is 28.2 Å². The third kappa shape index (κ3) is 5.96. The molecule has 0 bridgehead atoms. The molecule has 1 unspecified atom stereocenters. The molecule has 0 saturated carbocycles. The third-order valence-electron chi connectivity index (χ3n) is 4.97. The summed E-state index contributed by atoms with van der Waals surface area (Å²) in [5.41, 5.74) is 7.30. The van der Waals surface area contributed by atoms with Crippen LogP contribution in [0.1, 0.15) is 13.3 Å². The van der Waals surface area contributed by atoms with Gasteiger partial charge in [-0.05, 0) is 61.9 Å². The lowest BCUT2D eigenvalue weighted by molar-refractivity contribution is 0.215. The van der Waals surface area contributed by atoms with Crippen molar-refractivity contribution in [1.29, 1.82) is 0 Å². The van der Waals surface area contributed by atoms with Gasteiger partial charge in [0.1, 0.15) is 5.75 Å². The molecule has 0 aromatic heterocycles. The highest BCUT2D eigenvalue weighted by molar-refractivity contribution is 7.85. The summed E-state index contributed by atoms with van der Waals surface area (Å²) in [5, 5.41) is 2.94. The van der Waals surface area contributed by atoms with Crippen LogP contribution in [-0.4, -0.2) is 60.2 Å². The standard InChI is InChI=1S/C22H30N4O3S/c1-2-29-20-8-6-19(7-9-20)25-13-3-14-26(16-15-25)22(27)24-18-4-10-21(11-5-18)30(28)17-12-23/h4-11H,2-3,12-17,23H2,1H3,(H,24,27). The Kier molecular flexibility index (Phi) is 8.10. The lowest BCUT2D eigenvalue weighted by atomic mass is 10.2. The Labute approximate surface area is 180 Å². The molecule has 8 heteroatoms. The minimum Gasteiger partial charge on any atom is -0.494 e. The molecule has 3 rings (SSSR count). The van der Waals surface area contributed by atoms with E-state index in [1.165, 1.54) is 0 Å². The fourth-order valence-corrected chi connectivity index (χ4v) is 4.31. The number of amides is 2. The molecular weight excluding hydrogens is 400 g/mol. The van der Waals surface area contributed by atoms with Gasteiger partial charge in [-0.2, -0.15) is 0 Å². The average molecular weight is 431 g/mol. The second-order valence-electron chi connectivity index (χ2n) is 7.05. The van der Waals surface area contributed by atoms with E-state index in [-0.39, 0.29) is 6.03 Å². The maximum absolute atomic E-state index is 12.7. The zero-order valence-electron chi connectivity index (χ0n) is 17.4. The van der Waals surface area contributed by atoms with Crippen LogP contribution in [0.5, 0.6) is 5.75 Å². The van der Waals surface area contributed by atoms with Crippen LogP contribution < -0.4 is 20.7 Å². The molecule has 1 heterocycles. The Bertz CT molecular complexity index is 842. The van der Waals surface area contributed by atoms with E-state index in [2.05, 4.69) is 22.3 Å². The van der Waals surface area contributed by atoms with Crippen molar-refractivity contribution in [2.45, 2.75) is 18.2 Å². The van der Waals surface area contributed by atoms with Crippen molar-refractivity contribution in [1.82, 2.24) is 4.90 Å². The number of urea groups is 1. The van der Waals surface area contributed by atoms with Gasteiger partial charge in [-0.1, -0.05) is 0 Å². The highest BCUT2D eigenvalue weighted by Crippen LogP contribution is 2.21. The predicted octanol–water partition coefficient (Wildman–Crippen LogP) is 2.90. The third-order valence-corrected chi connectivity index (χ3v) is 6.37. The number of anilines is 2. The maximum Gasteiger partial charge on any atom is 0.321 e. The summed E-state index contributed by atoms with van der Waals surface area (Å²) in [7, 11) is -1.10. The van der Waals surface area contributed by atoms with E-state index in [1.54, 1.807) is 24.3 Å². The van der Waals surface area contributed by atoms with Gasteiger partial charge in [-0.15, -0.1) is 0 Å². The van der Waals surface area contributed by atoms with Gasteiger partial charge in [-0.25, -0.2) is 4.79 Å². The zero-order valence-corrected chi connectivity index (χ0v) is 18.2. The van der Waals surface area contributed by atoms with Gasteiger partial charge in [0.05, 0.1) is 17.4 Å². The summed E-state index contributed by atoms with van der Waals surface area (Å²) < 4.78 is 17.5. The molecule has 0 radical (unpaired) electrons. The first-order chi connectivity index (χ1) is 14.6. The monoisotopic (exact) mass is 430 g/mol. The first-order valence-electron chi connectivity index (χ1n) is 10.3. The number of carbonyl (C=O) groups is 1. The van der Waals surface area contributed by atoms with Crippen LogP contribution >= 0.6 is 0 Å². The first kappa shape index (κ1) is 22.1. The van der Waals surface area contributed by atoms with Crippen LogP contribution in [0.15, 0.2) is 53.4 Å². The minimum absolute atomic E-state index is 0.112. The highest BCUT2D eigenvalue weighted by Gasteiger charge is 2.19. The van der Waals surface area contributed by atoms with Crippen molar-refractivity contribution in [2.75, 3.05) is 55.3 Å². The van der Waals surface area contributed by atoms with E-state index in [4.69, 9.17) is 10.5 Å². The molecule has 0 aliphatic carbocycles. The van der Waals surface area contributed by atoms with E-state index in [1.807, 2.05) is 24.0 Å². The quantitative estimate of drug-likeness (QED) is 0.705. The number of ether oxygens (including phenoxy) is 1. The average Bonchev–Trinajstić information content (AvgIpc) is 3.02. The van der Waals surface area contributed by atoms with Crippen LogP contribution in [-0.2, 0) is 10.8 Å². The van der Waals surface area contributed by atoms with Gasteiger partial charge in [0.2, 0.25) is 0 Å². The van der Waals surface area contributed by atoms with Gasteiger partial charge in [-0.3, -0.25) is 4.21 Å². The number of carbonyl (C=O) groups excluding carboxylic acids is 1. The lowest BCUT2D eigenvalue weighted by Crippen LogP contribution is -2.38. The van der Waals surface area contributed by atoms with Crippen LogP contribution in [0.3, 0.4) is 0 Å². The van der Waals surface area contributed by atoms with Crippen LogP contribution in [0, 0.1) is 0 Å². The van der Waals surface area contributed by atoms with Gasteiger partial charge >= 0.3 is 6.03 Å². The van der Waals surface area contributed by atoms with Crippen molar-refractivity contribution < 1.29 is 13.7 Å². The van der Waals surface area contributed by atoms with E-state index in [0.717, 1.165) is 35.8 Å². The molecule has 2 aromatic carbocycles. The number of hydrogen-bond donors (Lipinski definition) is 2. The number of rotatable bonds is 7. The van der Waals surface area contributed by atoms with Crippen LogP contribution in [0.25, 0.3) is 0 Å². The molecule has 7 nitrogen and oxygen atoms in total. The fourth-order valence-electron chi connectivity index (χ4n) is 3.42. The molecule has 1 saturated heterocycles. The molecule has 2 amide bonds. The largest absolute Gasteiger partial charge is 0.494 e. The SMILES string of the molecule is CCOc1ccc(N2CCCN(C(=O)Nc3ccc(S(=O)CCN)cc3)CC2)cc1. The lowest BCUT2D eigenvalue weighted by Gasteiger charge is -2.24. The van der Waals surface area contributed by atoms with Crippen molar-refractivity contribution in [3.63, 3.8) is 0 Å². The van der Waals surface area contributed by atoms with Gasteiger partial charge in [0.25, 0.3) is 0 Å².